The fraction of sp³-hybridized carbons (Fsp3) is 0.154. The Kier molecular flexibility index (Phi) is 3.96. The molecule has 2 rings (SSSR count). The Morgan fingerprint density at radius 2 is 1.76 bits per heavy atom. The lowest BCUT2D eigenvalue weighted by Gasteiger charge is -2.07. The lowest BCUT2D eigenvalue weighted by Crippen LogP contribution is -2.06. The summed E-state index contributed by atoms with van der Waals surface area (Å²) in [7, 11) is 0. The highest BCUT2D eigenvalue weighted by Gasteiger charge is 2.02. The highest BCUT2D eigenvalue weighted by atomic mass is 127. The summed E-state index contributed by atoms with van der Waals surface area (Å²) in [4.78, 5) is 4.24. The van der Waals surface area contributed by atoms with Crippen LogP contribution in [-0.4, -0.2) is 4.98 Å². The van der Waals surface area contributed by atoms with Crippen molar-refractivity contribution in [3.05, 3.63) is 51.9 Å². The first kappa shape index (κ1) is 12.3. The number of nitrogens with zero attached hydrogens (tertiary/aromatic N) is 1. The van der Waals surface area contributed by atoms with Gasteiger partial charge in [0, 0.05) is 9.61 Å². The predicted molar refractivity (Wildman–Crippen MR) is 76.1 cm³/mol. The minimum atomic E-state index is -0.0534. The summed E-state index contributed by atoms with van der Waals surface area (Å²) in [5, 5.41) is 0. The Morgan fingerprint density at radius 1 is 1.12 bits per heavy atom. The molecular formula is C13H13IN2O. The molecule has 0 unspecified atom stereocenters. The highest BCUT2D eigenvalue weighted by Crippen LogP contribution is 2.22. The molecule has 0 aliphatic rings. The monoisotopic (exact) mass is 340 g/mol. The maximum atomic E-state index is 5.73. The number of pyridine rings is 1. The molecule has 1 atom stereocenters. The van der Waals surface area contributed by atoms with Gasteiger partial charge in [-0.05, 0) is 65.9 Å². The van der Waals surface area contributed by atoms with E-state index >= 15 is 0 Å². The molecule has 0 spiro atoms. The molecule has 0 saturated carbocycles. The average molecular weight is 340 g/mol. The number of ether oxygens (including phenoxy) is 1. The first-order valence-corrected chi connectivity index (χ1v) is 6.38. The Balaban J connectivity index is 2.11. The van der Waals surface area contributed by atoms with Gasteiger partial charge in [0.1, 0.15) is 11.5 Å². The number of hydrogen-bond acceptors (Lipinski definition) is 3. The second kappa shape index (κ2) is 5.46. The molecule has 0 fully saturated rings. The van der Waals surface area contributed by atoms with Crippen molar-refractivity contribution in [2.45, 2.75) is 13.0 Å². The summed E-state index contributed by atoms with van der Waals surface area (Å²) in [6.45, 7) is 1.90. The number of halogens is 1. The summed E-state index contributed by atoms with van der Waals surface area (Å²) < 4.78 is 6.84. The third-order valence-electron chi connectivity index (χ3n) is 2.28. The van der Waals surface area contributed by atoms with Crippen LogP contribution in [0.4, 0.5) is 0 Å². The molecule has 0 amide bonds. The summed E-state index contributed by atoms with van der Waals surface area (Å²) in [6, 6.07) is 11.6. The Bertz CT molecular complexity index is 480. The van der Waals surface area contributed by atoms with Gasteiger partial charge in [-0.15, -0.1) is 0 Å². The standard InChI is InChI=1S/C13H13IN2O/c1-9(15)13-7-6-12(8-16-13)17-11-4-2-10(14)3-5-11/h2-9H,15H2,1H3/t9-/m1/s1. The number of aromatic nitrogens is 1. The van der Waals surface area contributed by atoms with Gasteiger partial charge in [-0.2, -0.15) is 0 Å². The number of hydrogen-bond donors (Lipinski definition) is 1. The Labute approximate surface area is 114 Å². The van der Waals surface area contributed by atoms with Crippen molar-refractivity contribution < 1.29 is 4.74 Å². The zero-order valence-electron chi connectivity index (χ0n) is 9.43. The second-order valence-corrected chi connectivity index (χ2v) is 5.01. The van der Waals surface area contributed by atoms with E-state index in [1.807, 2.05) is 43.3 Å². The molecule has 0 bridgehead atoms. The van der Waals surface area contributed by atoms with Crippen molar-refractivity contribution in [2.75, 3.05) is 0 Å². The van der Waals surface area contributed by atoms with Crippen molar-refractivity contribution in [3.63, 3.8) is 0 Å². The number of rotatable bonds is 3. The van der Waals surface area contributed by atoms with Crippen LogP contribution in [0.3, 0.4) is 0 Å². The van der Waals surface area contributed by atoms with Crippen molar-refractivity contribution >= 4 is 22.6 Å². The minimum Gasteiger partial charge on any atom is -0.456 e. The lowest BCUT2D eigenvalue weighted by atomic mass is 10.2. The van der Waals surface area contributed by atoms with Crippen LogP contribution in [0.15, 0.2) is 42.6 Å². The second-order valence-electron chi connectivity index (χ2n) is 3.76. The molecule has 2 aromatic rings. The first-order valence-electron chi connectivity index (χ1n) is 5.30. The van der Waals surface area contributed by atoms with Gasteiger partial charge in [0.05, 0.1) is 11.9 Å². The fourth-order valence-corrected chi connectivity index (χ4v) is 1.72. The van der Waals surface area contributed by atoms with Gasteiger partial charge in [-0.3, -0.25) is 4.98 Å². The molecular weight excluding hydrogens is 327 g/mol. The molecule has 0 radical (unpaired) electrons. The van der Waals surface area contributed by atoms with E-state index in [4.69, 9.17) is 10.5 Å². The summed E-state index contributed by atoms with van der Waals surface area (Å²) in [6.07, 6.45) is 1.69. The lowest BCUT2D eigenvalue weighted by molar-refractivity contribution is 0.479. The van der Waals surface area contributed by atoms with Crippen molar-refractivity contribution in [1.82, 2.24) is 4.98 Å². The van der Waals surface area contributed by atoms with Crippen molar-refractivity contribution in [2.24, 2.45) is 5.73 Å². The van der Waals surface area contributed by atoms with Gasteiger partial charge in [0.25, 0.3) is 0 Å². The zero-order chi connectivity index (χ0) is 12.3. The van der Waals surface area contributed by atoms with Crippen LogP contribution in [-0.2, 0) is 0 Å². The van der Waals surface area contributed by atoms with Crippen LogP contribution < -0.4 is 10.5 Å². The maximum absolute atomic E-state index is 5.73. The maximum Gasteiger partial charge on any atom is 0.145 e. The molecule has 1 aromatic heterocycles. The number of benzene rings is 1. The number of nitrogens with two attached hydrogens (primary N) is 1. The molecule has 1 heterocycles. The average Bonchev–Trinajstić information content (AvgIpc) is 2.33. The molecule has 1 aromatic carbocycles. The van der Waals surface area contributed by atoms with Crippen LogP contribution in [0.2, 0.25) is 0 Å². The quantitative estimate of drug-likeness (QED) is 0.870. The largest absolute Gasteiger partial charge is 0.456 e. The van der Waals surface area contributed by atoms with Gasteiger partial charge in [-0.1, -0.05) is 0 Å². The smallest absolute Gasteiger partial charge is 0.145 e. The first-order chi connectivity index (χ1) is 8.15. The van der Waals surface area contributed by atoms with Gasteiger partial charge in [0.2, 0.25) is 0 Å². The van der Waals surface area contributed by atoms with Gasteiger partial charge >= 0.3 is 0 Å². The van der Waals surface area contributed by atoms with E-state index < -0.39 is 0 Å². The van der Waals surface area contributed by atoms with E-state index in [9.17, 15) is 0 Å². The van der Waals surface area contributed by atoms with E-state index in [1.54, 1.807) is 6.20 Å². The van der Waals surface area contributed by atoms with E-state index in [-0.39, 0.29) is 6.04 Å². The van der Waals surface area contributed by atoms with Crippen LogP contribution >= 0.6 is 22.6 Å². The van der Waals surface area contributed by atoms with Crippen molar-refractivity contribution in [1.29, 1.82) is 0 Å². The van der Waals surface area contributed by atoms with Gasteiger partial charge < -0.3 is 10.5 Å². The summed E-state index contributed by atoms with van der Waals surface area (Å²) >= 11 is 2.26. The van der Waals surface area contributed by atoms with Gasteiger partial charge in [0.15, 0.2) is 0 Å². The Hall–Kier alpha value is -1.14. The van der Waals surface area contributed by atoms with Crippen LogP contribution in [0.25, 0.3) is 0 Å². The zero-order valence-corrected chi connectivity index (χ0v) is 11.6. The summed E-state index contributed by atoms with van der Waals surface area (Å²) in [5.74, 6) is 1.52. The van der Waals surface area contributed by atoms with Crippen LogP contribution in [0.5, 0.6) is 11.5 Å². The molecule has 0 aliphatic heterocycles. The topological polar surface area (TPSA) is 48.1 Å². The normalized spacial score (nSPS) is 12.2. The van der Waals surface area contributed by atoms with Gasteiger partial charge in [-0.25, -0.2) is 0 Å². The van der Waals surface area contributed by atoms with E-state index in [0.717, 1.165) is 17.2 Å². The molecule has 88 valence electrons. The third-order valence-corrected chi connectivity index (χ3v) is 2.99. The molecule has 4 heteroatoms. The SMILES string of the molecule is C[C@@H](N)c1ccc(Oc2ccc(I)cc2)cn1. The molecule has 2 N–H and O–H groups in total. The Morgan fingerprint density at radius 3 is 2.29 bits per heavy atom. The minimum absolute atomic E-state index is 0.0534. The van der Waals surface area contributed by atoms with Crippen LogP contribution in [0, 0.1) is 3.57 Å². The molecule has 17 heavy (non-hydrogen) atoms. The van der Waals surface area contributed by atoms with Crippen LogP contribution in [0.1, 0.15) is 18.7 Å². The molecule has 0 aliphatic carbocycles. The fourth-order valence-electron chi connectivity index (χ4n) is 1.36. The molecule has 0 saturated heterocycles. The summed E-state index contributed by atoms with van der Waals surface area (Å²) in [5.41, 5.74) is 6.59. The predicted octanol–water partition coefficient (Wildman–Crippen LogP) is 3.50. The van der Waals surface area contributed by atoms with E-state index in [1.165, 1.54) is 3.57 Å². The van der Waals surface area contributed by atoms with E-state index in [2.05, 4.69) is 27.6 Å². The highest BCUT2D eigenvalue weighted by molar-refractivity contribution is 14.1. The third kappa shape index (κ3) is 3.41. The molecule has 3 nitrogen and oxygen atoms in total. The van der Waals surface area contributed by atoms with E-state index in [0.29, 0.717) is 0 Å². The van der Waals surface area contributed by atoms with Crippen molar-refractivity contribution in [3.8, 4) is 11.5 Å².